The second-order valence-corrected chi connectivity index (χ2v) is 17.2. The lowest BCUT2D eigenvalue weighted by Crippen LogP contribution is -2.70. The topological polar surface area (TPSA) is 162 Å². The summed E-state index contributed by atoms with van der Waals surface area (Å²) >= 11 is 0. The Bertz CT molecular complexity index is 2610. The minimum absolute atomic E-state index is 0.00557. The van der Waals surface area contributed by atoms with Gasteiger partial charge in [-0.1, -0.05) is 90.8 Å². The first kappa shape index (κ1) is 46.9. The number of aliphatic hydroxyl groups excluding tert-OH is 2. The molecule has 3 aliphatic rings. The van der Waals surface area contributed by atoms with Gasteiger partial charge in [0.2, 0.25) is 5.79 Å². The van der Waals surface area contributed by atoms with E-state index in [9.17, 15) is 24.7 Å². The summed E-state index contributed by atoms with van der Waals surface area (Å²) in [5.74, 6) is -1.89. The number of fused-ring (bicyclic) bond motifs is 3. The van der Waals surface area contributed by atoms with Crippen molar-refractivity contribution < 1.29 is 48.1 Å². The molecule has 5 aromatic carbocycles. The van der Waals surface area contributed by atoms with Crippen LogP contribution in [0.3, 0.4) is 0 Å². The SMILES string of the molecule is C=CCOC12Oc3ccc(OCc4ccccc4F)cc3C3C(CCCCO)C(CCCCO)C=C(C(=NOC)CC1N(Cc1cccc4ccccc14)C(=O)Oc1ccc([N+](=O)[O-])cc1)C32. The lowest BCUT2D eigenvalue weighted by molar-refractivity contribution is -0.384. The van der Waals surface area contributed by atoms with Gasteiger partial charge in [0.05, 0.1) is 29.7 Å². The summed E-state index contributed by atoms with van der Waals surface area (Å²) in [5, 5.41) is 38.1. The van der Waals surface area contributed by atoms with Crippen LogP contribution in [0.4, 0.5) is 14.9 Å². The van der Waals surface area contributed by atoms with Crippen LogP contribution in [0.15, 0.2) is 139 Å². The average molecular weight is 914 g/mol. The predicted molar refractivity (Wildman–Crippen MR) is 251 cm³/mol. The average Bonchev–Trinajstić information content (AvgIpc) is 3.34. The van der Waals surface area contributed by atoms with Gasteiger partial charge in [-0.05, 0) is 95.8 Å². The molecule has 350 valence electrons. The van der Waals surface area contributed by atoms with E-state index in [1.807, 2.05) is 54.6 Å². The van der Waals surface area contributed by atoms with Crippen molar-refractivity contribution in [1.82, 2.24) is 4.90 Å². The number of nitro groups is 1. The first-order chi connectivity index (χ1) is 32.7. The summed E-state index contributed by atoms with van der Waals surface area (Å²) in [6.07, 6.45) is 7.43. The Kier molecular flexibility index (Phi) is 14.9. The molecule has 0 saturated heterocycles. The summed E-state index contributed by atoms with van der Waals surface area (Å²) in [5.41, 5.74) is 3.35. The minimum Gasteiger partial charge on any atom is -0.489 e. The van der Waals surface area contributed by atoms with Gasteiger partial charge in [-0.25, -0.2) is 9.18 Å². The highest BCUT2D eigenvalue weighted by molar-refractivity contribution is 6.03. The summed E-state index contributed by atoms with van der Waals surface area (Å²) in [4.78, 5) is 33.4. The molecule has 2 N–H and O–H groups in total. The molecule has 0 aromatic heterocycles. The number of carbonyl (C=O) groups is 1. The number of rotatable bonds is 20. The summed E-state index contributed by atoms with van der Waals surface area (Å²) in [6.45, 7) is 4.19. The quantitative estimate of drug-likeness (QED) is 0.0333. The number of unbranched alkanes of at least 4 members (excludes halogenated alkanes) is 2. The standard InChI is InChI=1S/C53H56FN3O10/c1-3-29-65-53-49(56(33-37-17-12-16-35-13-4-6-18-42(35)37)52(60)66-40-23-21-39(22-24-40)57(61)62)32-47(55-63-2)44-30-36(14-8-10-27-58)43(19-9-11-28-59)50(51(44)53)45-31-41(25-26-48(45)67-53)64-34-38-15-5-7-20-46(38)54/h3-7,12-13,15-18,20-26,30-31,36,43,49-51,58-59H,1,8-11,14,19,27-29,32-34H2,2H3. The highest BCUT2D eigenvalue weighted by Gasteiger charge is 2.65. The van der Waals surface area contributed by atoms with Crippen molar-refractivity contribution in [2.45, 2.75) is 75.8 Å². The Hall–Kier alpha value is -6.61. The molecule has 5 aromatic rings. The summed E-state index contributed by atoms with van der Waals surface area (Å²) in [6, 6.07) is 30.3. The number of allylic oxidation sites excluding steroid dienone is 1. The van der Waals surface area contributed by atoms with E-state index < -0.39 is 28.8 Å². The van der Waals surface area contributed by atoms with Crippen molar-refractivity contribution in [1.29, 1.82) is 0 Å². The van der Waals surface area contributed by atoms with Crippen molar-refractivity contribution in [2.24, 2.45) is 22.9 Å². The number of hydrogen-bond acceptors (Lipinski definition) is 11. The molecule has 1 aliphatic heterocycles. The van der Waals surface area contributed by atoms with E-state index >= 15 is 4.79 Å². The molecule has 8 rings (SSSR count). The van der Waals surface area contributed by atoms with E-state index in [1.54, 1.807) is 35.2 Å². The molecule has 6 unspecified atom stereocenters. The van der Waals surface area contributed by atoms with Gasteiger partial charge in [0.25, 0.3) is 5.69 Å². The predicted octanol–water partition coefficient (Wildman–Crippen LogP) is 10.4. The number of aliphatic hydroxyl groups is 2. The number of carbonyl (C=O) groups excluding carboxylic acids is 1. The molecule has 6 atom stereocenters. The number of nitro benzene ring substituents is 1. The van der Waals surface area contributed by atoms with E-state index in [4.69, 9.17) is 23.8 Å². The fourth-order valence-corrected chi connectivity index (χ4v) is 10.3. The van der Waals surface area contributed by atoms with Crippen LogP contribution in [0.1, 0.15) is 67.6 Å². The van der Waals surface area contributed by atoms with Crippen molar-refractivity contribution in [3.63, 3.8) is 0 Å². The van der Waals surface area contributed by atoms with Crippen LogP contribution in [0.5, 0.6) is 17.2 Å². The Morgan fingerprint density at radius 1 is 0.940 bits per heavy atom. The van der Waals surface area contributed by atoms with Crippen LogP contribution >= 0.6 is 0 Å². The van der Waals surface area contributed by atoms with Crippen molar-refractivity contribution in [3.8, 4) is 17.2 Å². The zero-order valence-electron chi connectivity index (χ0n) is 37.5. The Morgan fingerprint density at radius 2 is 1.66 bits per heavy atom. The summed E-state index contributed by atoms with van der Waals surface area (Å²) < 4.78 is 41.8. The number of oxime groups is 1. The molecule has 1 saturated carbocycles. The number of non-ortho nitro benzene ring substituents is 1. The monoisotopic (exact) mass is 913 g/mol. The number of halogens is 1. The van der Waals surface area contributed by atoms with E-state index in [0.717, 1.165) is 53.2 Å². The third-order valence-corrected chi connectivity index (χ3v) is 13.3. The van der Waals surface area contributed by atoms with Crippen molar-refractivity contribution in [3.05, 3.63) is 166 Å². The van der Waals surface area contributed by atoms with Crippen LogP contribution in [0.25, 0.3) is 10.8 Å². The van der Waals surface area contributed by atoms with Gasteiger partial charge >= 0.3 is 6.09 Å². The van der Waals surface area contributed by atoms with Crippen LogP contribution in [-0.4, -0.2) is 70.6 Å². The Labute approximate surface area is 389 Å². The molecule has 1 heterocycles. The van der Waals surface area contributed by atoms with Gasteiger partial charge in [0.1, 0.15) is 42.8 Å². The molecule has 0 bridgehead atoms. The van der Waals surface area contributed by atoms with Crippen LogP contribution in [0.2, 0.25) is 0 Å². The van der Waals surface area contributed by atoms with Gasteiger partial charge < -0.3 is 34.0 Å². The molecule has 14 heteroatoms. The van der Waals surface area contributed by atoms with E-state index in [1.165, 1.54) is 37.4 Å². The van der Waals surface area contributed by atoms with Gasteiger partial charge in [0.15, 0.2) is 0 Å². The van der Waals surface area contributed by atoms with Crippen LogP contribution < -0.4 is 14.2 Å². The van der Waals surface area contributed by atoms with Gasteiger partial charge in [-0.2, -0.15) is 0 Å². The molecular formula is C53H56FN3O10. The molecule has 1 fully saturated rings. The fourth-order valence-electron chi connectivity index (χ4n) is 10.3. The minimum atomic E-state index is -1.61. The smallest absolute Gasteiger partial charge is 0.416 e. The zero-order valence-corrected chi connectivity index (χ0v) is 37.5. The number of hydrogen-bond donors (Lipinski definition) is 2. The summed E-state index contributed by atoms with van der Waals surface area (Å²) in [7, 11) is 1.48. The van der Waals surface area contributed by atoms with Gasteiger partial charge in [-0.3, -0.25) is 15.0 Å². The Balaban J connectivity index is 1.33. The molecule has 0 spiro atoms. The molecule has 0 radical (unpaired) electrons. The largest absolute Gasteiger partial charge is 0.489 e. The zero-order chi connectivity index (χ0) is 46.9. The fraction of sp³-hybridized carbons (Fsp3) is 0.358. The third kappa shape index (κ3) is 9.92. The lowest BCUT2D eigenvalue weighted by Gasteiger charge is -2.59. The third-order valence-electron chi connectivity index (χ3n) is 13.3. The maximum Gasteiger partial charge on any atom is 0.416 e. The normalized spacial score (nSPS) is 22.2. The van der Waals surface area contributed by atoms with Crippen LogP contribution in [0, 0.1) is 33.7 Å². The highest BCUT2D eigenvalue weighted by Crippen LogP contribution is 2.62. The second kappa shape index (κ2) is 21.3. The molecular weight excluding hydrogens is 858 g/mol. The number of benzene rings is 5. The van der Waals surface area contributed by atoms with E-state index in [2.05, 4.69) is 17.8 Å². The first-order valence-corrected chi connectivity index (χ1v) is 22.9. The van der Waals surface area contributed by atoms with Gasteiger partial charge in [-0.15, -0.1) is 6.58 Å². The number of nitrogens with zero attached hydrogens (tertiary/aromatic N) is 3. The molecule has 67 heavy (non-hydrogen) atoms. The lowest BCUT2D eigenvalue weighted by atomic mass is 9.55. The van der Waals surface area contributed by atoms with Gasteiger partial charge in [0, 0.05) is 48.8 Å². The molecule has 2 aliphatic carbocycles. The Morgan fingerprint density at radius 3 is 2.40 bits per heavy atom. The number of ether oxygens (including phenoxy) is 4. The maximum absolute atomic E-state index is 15.2. The first-order valence-electron chi connectivity index (χ1n) is 22.9. The van der Waals surface area contributed by atoms with Crippen molar-refractivity contribution >= 4 is 28.3 Å². The maximum atomic E-state index is 15.2. The number of amides is 1. The van der Waals surface area contributed by atoms with E-state index in [0.29, 0.717) is 35.6 Å². The van der Waals surface area contributed by atoms with E-state index in [-0.39, 0.29) is 74.4 Å². The second-order valence-electron chi connectivity index (χ2n) is 17.2. The van der Waals surface area contributed by atoms with Crippen LogP contribution in [-0.2, 0) is 22.7 Å². The highest BCUT2D eigenvalue weighted by atomic mass is 19.1. The molecule has 1 amide bonds. The van der Waals surface area contributed by atoms with Crippen molar-refractivity contribution in [2.75, 3.05) is 26.9 Å². The molecule has 13 nitrogen and oxygen atoms in total.